The molecule has 0 radical (unpaired) electrons. The van der Waals surface area contributed by atoms with Gasteiger partial charge in [-0.3, -0.25) is 15.0 Å². The van der Waals surface area contributed by atoms with Gasteiger partial charge in [0.1, 0.15) is 11.7 Å². The molecule has 0 bridgehead atoms. The summed E-state index contributed by atoms with van der Waals surface area (Å²) in [5.41, 5.74) is 0.466. The molecule has 2 heterocycles. The van der Waals surface area contributed by atoms with Crippen molar-refractivity contribution < 1.29 is 9.84 Å². The van der Waals surface area contributed by atoms with Crippen LogP contribution in [-0.2, 0) is 4.74 Å². The normalized spacial score (nSPS) is 24.9. The summed E-state index contributed by atoms with van der Waals surface area (Å²) in [6.07, 6.45) is 2.55. The van der Waals surface area contributed by atoms with Crippen LogP contribution in [0.3, 0.4) is 0 Å². The maximum atomic E-state index is 11.6. The van der Waals surface area contributed by atoms with E-state index in [4.69, 9.17) is 15.3 Å². The molecule has 1 aromatic heterocycles. The van der Waals surface area contributed by atoms with Gasteiger partial charge in [0.05, 0.1) is 12.7 Å². The smallest absolute Gasteiger partial charge is 0.329 e. The van der Waals surface area contributed by atoms with Crippen molar-refractivity contribution >= 4 is 0 Å². The van der Waals surface area contributed by atoms with Gasteiger partial charge in [0.15, 0.2) is 0 Å². The molecular weight excluding hydrogens is 210 g/mol. The fraction of sp³-hybridized carbons (Fsp3) is 0.600. The number of hydrogen-bond donors (Lipinski definition) is 3. The largest absolute Gasteiger partial charge is 0.394 e. The predicted molar refractivity (Wildman–Crippen MR) is 55.9 cm³/mol. The first kappa shape index (κ1) is 11.1. The summed E-state index contributed by atoms with van der Waals surface area (Å²) in [5.74, 6) is 0. The van der Waals surface area contributed by atoms with Crippen LogP contribution in [0.2, 0.25) is 0 Å². The highest BCUT2D eigenvalue weighted by Crippen LogP contribution is 2.26. The van der Waals surface area contributed by atoms with E-state index < -0.39 is 0 Å². The monoisotopic (exact) mass is 225 g/mol. The fourth-order valence-corrected chi connectivity index (χ4v) is 1.84. The maximum absolute atomic E-state index is 11.6. The van der Waals surface area contributed by atoms with Crippen LogP contribution in [0.15, 0.2) is 11.0 Å². The van der Waals surface area contributed by atoms with Gasteiger partial charge in [-0.05, 0) is 19.8 Å². The first-order chi connectivity index (χ1) is 7.61. The quantitative estimate of drug-likeness (QED) is 0.641. The number of aromatic nitrogens is 2. The lowest BCUT2D eigenvalue weighted by atomic mass is 10.2. The van der Waals surface area contributed by atoms with Crippen molar-refractivity contribution in [2.45, 2.75) is 32.1 Å². The van der Waals surface area contributed by atoms with Crippen LogP contribution < -0.4 is 11.2 Å². The van der Waals surface area contributed by atoms with Crippen molar-refractivity contribution in [3.63, 3.8) is 0 Å². The third-order valence-corrected chi connectivity index (χ3v) is 2.79. The zero-order chi connectivity index (χ0) is 11.7. The number of aliphatic hydroxyl groups excluding tert-OH is 1. The molecule has 0 unspecified atom stereocenters. The predicted octanol–water partition coefficient (Wildman–Crippen LogP) is -0.366. The molecule has 0 amide bonds. The first-order valence-electron chi connectivity index (χ1n) is 5.25. The Morgan fingerprint density at radius 1 is 1.69 bits per heavy atom. The average Bonchev–Trinajstić information content (AvgIpc) is 2.71. The number of nitrogens with zero attached hydrogens (tertiary/aromatic N) is 1. The molecule has 88 valence electrons. The van der Waals surface area contributed by atoms with Gasteiger partial charge >= 0.3 is 5.69 Å². The van der Waals surface area contributed by atoms with Crippen molar-refractivity contribution in [3.8, 4) is 0 Å². The molecule has 0 aromatic carbocycles. The molecule has 0 spiro atoms. The Morgan fingerprint density at radius 3 is 3.06 bits per heavy atom. The van der Waals surface area contributed by atoms with Crippen LogP contribution >= 0.6 is 0 Å². The summed E-state index contributed by atoms with van der Waals surface area (Å²) >= 11 is 0. The number of H-pyrrole nitrogens is 1. The Bertz CT molecular complexity index is 491. The van der Waals surface area contributed by atoms with Crippen LogP contribution in [0.25, 0.3) is 0 Å². The van der Waals surface area contributed by atoms with E-state index in [9.17, 15) is 4.79 Å². The van der Waals surface area contributed by atoms with Gasteiger partial charge in [-0.2, -0.15) is 0 Å². The van der Waals surface area contributed by atoms with Crippen molar-refractivity contribution in [3.05, 3.63) is 27.7 Å². The molecule has 3 N–H and O–H groups in total. The lowest BCUT2D eigenvalue weighted by Crippen LogP contribution is -2.33. The molecular formula is C10H15N3O3. The van der Waals surface area contributed by atoms with Crippen LogP contribution in [0.1, 0.15) is 24.6 Å². The van der Waals surface area contributed by atoms with Crippen molar-refractivity contribution in [1.29, 1.82) is 5.41 Å². The van der Waals surface area contributed by atoms with E-state index in [2.05, 4.69) is 4.98 Å². The number of nitrogens with one attached hydrogen (secondary N) is 2. The number of aliphatic hydroxyl groups is 1. The minimum Gasteiger partial charge on any atom is -0.394 e. The number of aromatic amines is 1. The van der Waals surface area contributed by atoms with Crippen LogP contribution in [0, 0.1) is 12.3 Å². The maximum Gasteiger partial charge on any atom is 0.329 e. The number of hydrogen-bond acceptors (Lipinski definition) is 4. The van der Waals surface area contributed by atoms with Crippen molar-refractivity contribution in [2.24, 2.45) is 0 Å². The molecule has 0 saturated carbocycles. The highest BCUT2D eigenvalue weighted by atomic mass is 16.5. The molecule has 2 atom stereocenters. The summed E-state index contributed by atoms with van der Waals surface area (Å²) in [5, 5.41) is 16.4. The fourth-order valence-electron chi connectivity index (χ4n) is 1.84. The molecule has 0 aliphatic carbocycles. The average molecular weight is 225 g/mol. The molecule has 1 aliphatic rings. The summed E-state index contributed by atoms with van der Waals surface area (Å²) < 4.78 is 6.95. The Labute approximate surface area is 92.0 Å². The van der Waals surface area contributed by atoms with Gasteiger partial charge in [-0.25, -0.2) is 4.79 Å². The summed E-state index contributed by atoms with van der Waals surface area (Å²) in [4.78, 5) is 14.1. The van der Waals surface area contributed by atoms with Gasteiger partial charge in [0, 0.05) is 11.8 Å². The third-order valence-electron chi connectivity index (χ3n) is 2.79. The van der Waals surface area contributed by atoms with Gasteiger partial charge in [0.2, 0.25) is 0 Å². The topological polar surface area (TPSA) is 91.1 Å². The minimum atomic E-state index is -0.348. The second-order valence-corrected chi connectivity index (χ2v) is 4.00. The Kier molecular flexibility index (Phi) is 2.93. The molecule has 1 saturated heterocycles. The van der Waals surface area contributed by atoms with Crippen molar-refractivity contribution in [1.82, 2.24) is 9.55 Å². The molecule has 6 nitrogen and oxygen atoms in total. The summed E-state index contributed by atoms with van der Waals surface area (Å²) in [6.45, 7) is 1.73. The van der Waals surface area contributed by atoms with Gasteiger partial charge in [-0.15, -0.1) is 0 Å². The van der Waals surface area contributed by atoms with E-state index in [-0.39, 0.29) is 30.1 Å². The molecule has 2 rings (SSSR count). The zero-order valence-electron chi connectivity index (χ0n) is 9.06. The van der Waals surface area contributed by atoms with E-state index in [1.54, 1.807) is 13.1 Å². The van der Waals surface area contributed by atoms with E-state index >= 15 is 0 Å². The Hall–Kier alpha value is -1.40. The molecule has 16 heavy (non-hydrogen) atoms. The number of rotatable bonds is 2. The third kappa shape index (κ3) is 1.94. The van der Waals surface area contributed by atoms with Gasteiger partial charge < -0.3 is 9.84 Å². The molecule has 1 aromatic rings. The Morgan fingerprint density at radius 2 is 2.44 bits per heavy atom. The summed E-state index contributed by atoms with van der Waals surface area (Å²) in [7, 11) is 0. The lowest BCUT2D eigenvalue weighted by molar-refractivity contribution is -0.0247. The Balaban J connectivity index is 2.32. The molecule has 1 aliphatic heterocycles. The van der Waals surface area contributed by atoms with Crippen molar-refractivity contribution in [2.75, 3.05) is 6.61 Å². The second kappa shape index (κ2) is 4.23. The number of ether oxygens (including phenoxy) is 1. The summed E-state index contributed by atoms with van der Waals surface area (Å²) in [6, 6.07) is 0. The first-order valence-corrected chi connectivity index (χ1v) is 5.25. The lowest BCUT2D eigenvalue weighted by Gasteiger charge is -2.15. The van der Waals surface area contributed by atoms with Gasteiger partial charge in [-0.1, -0.05) is 0 Å². The second-order valence-electron chi connectivity index (χ2n) is 4.00. The zero-order valence-corrected chi connectivity index (χ0v) is 9.06. The van der Waals surface area contributed by atoms with Crippen LogP contribution in [0.5, 0.6) is 0 Å². The van der Waals surface area contributed by atoms with E-state index in [1.807, 2.05) is 0 Å². The molecule has 1 fully saturated rings. The highest BCUT2D eigenvalue weighted by molar-refractivity contribution is 4.99. The highest BCUT2D eigenvalue weighted by Gasteiger charge is 2.26. The van der Waals surface area contributed by atoms with Crippen LogP contribution in [-0.4, -0.2) is 27.4 Å². The minimum absolute atomic E-state index is 0.0233. The van der Waals surface area contributed by atoms with E-state index in [0.717, 1.165) is 6.42 Å². The molecule has 6 heteroatoms. The van der Waals surface area contributed by atoms with Crippen LogP contribution in [0.4, 0.5) is 0 Å². The standard InChI is InChI=1S/C10H15N3O3/c1-6-4-13(10(15)12-9(6)11)8-3-2-7(5-14)16-8/h4,7-8,14H,2-3,5H2,1H3,(H2,11,12,15)/t7-,8+/m0/s1. The van der Waals surface area contributed by atoms with Gasteiger partial charge in [0.25, 0.3) is 0 Å². The number of aryl methyl sites for hydroxylation is 1. The SMILES string of the molecule is Cc1cn([C@H]2CC[C@@H](CO)O2)c(=O)[nH]c1=N. The van der Waals surface area contributed by atoms with E-state index in [0.29, 0.717) is 12.0 Å². The van der Waals surface area contributed by atoms with E-state index in [1.165, 1.54) is 4.57 Å².